The van der Waals surface area contributed by atoms with Gasteiger partial charge in [0, 0.05) is 13.1 Å². The molecule has 1 saturated heterocycles. The molecule has 0 radical (unpaired) electrons. The number of likely N-dealkylation sites (tertiary alicyclic amines) is 1. The van der Waals surface area contributed by atoms with Crippen molar-refractivity contribution < 1.29 is 14.4 Å². The second kappa shape index (κ2) is 3.88. The van der Waals surface area contributed by atoms with Gasteiger partial charge in [-0.1, -0.05) is 5.16 Å². The van der Waals surface area contributed by atoms with Gasteiger partial charge in [-0.25, -0.2) is 4.79 Å². The van der Waals surface area contributed by atoms with Crippen LogP contribution in [0.4, 0.5) is 4.79 Å². The van der Waals surface area contributed by atoms with E-state index in [-0.39, 0.29) is 5.92 Å². The topological polar surface area (TPSA) is 79.5 Å². The first-order valence-electron chi connectivity index (χ1n) is 4.95. The Morgan fingerprint density at radius 2 is 2.47 bits per heavy atom. The number of aryl methyl sites for hydroxylation is 1. The van der Waals surface area contributed by atoms with Gasteiger partial charge in [-0.15, -0.1) is 0 Å². The smallest absolute Gasteiger partial charge is 0.407 e. The first-order valence-corrected chi connectivity index (χ1v) is 4.95. The van der Waals surface area contributed by atoms with Gasteiger partial charge in [-0.3, -0.25) is 0 Å². The molecule has 2 rings (SSSR count). The van der Waals surface area contributed by atoms with Crippen molar-refractivity contribution in [1.29, 1.82) is 0 Å². The molecule has 0 spiro atoms. The Labute approximate surface area is 86.9 Å². The molecule has 1 fully saturated rings. The number of rotatable bonds is 1. The average molecular weight is 211 g/mol. The third kappa shape index (κ3) is 2.08. The van der Waals surface area contributed by atoms with Crippen molar-refractivity contribution in [2.24, 2.45) is 0 Å². The summed E-state index contributed by atoms with van der Waals surface area (Å²) in [6, 6.07) is 0. The van der Waals surface area contributed by atoms with E-state index in [1.807, 2.05) is 0 Å². The number of nitrogens with zero attached hydrogens (tertiary/aromatic N) is 3. The predicted octanol–water partition coefficient (Wildman–Crippen LogP) is 1.24. The molecular weight excluding hydrogens is 198 g/mol. The van der Waals surface area contributed by atoms with E-state index >= 15 is 0 Å². The fourth-order valence-corrected chi connectivity index (χ4v) is 1.83. The summed E-state index contributed by atoms with van der Waals surface area (Å²) >= 11 is 0. The van der Waals surface area contributed by atoms with Crippen molar-refractivity contribution in [3.8, 4) is 0 Å². The molecule has 1 amide bonds. The van der Waals surface area contributed by atoms with Gasteiger partial charge < -0.3 is 14.5 Å². The lowest BCUT2D eigenvalue weighted by Gasteiger charge is -2.28. The van der Waals surface area contributed by atoms with E-state index in [9.17, 15) is 4.79 Å². The van der Waals surface area contributed by atoms with Crippen LogP contribution >= 0.6 is 0 Å². The first kappa shape index (κ1) is 9.95. The number of hydrogen-bond donors (Lipinski definition) is 1. The van der Waals surface area contributed by atoms with Crippen LogP contribution in [0.1, 0.15) is 30.5 Å². The predicted molar refractivity (Wildman–Crippen MR) is 50.6 cm³/mol. The van der Waals surface area contributed by atoms with E-state index < -0.39 is 6.09 Å². The van der Waals surface area contributed by atoms with E-state index in [1.54, 1.807) is 6.92 Å². The van der Waals surface area contributed by atoms with Crippen LogP contribution in [0, 0.1) is 6.92 Å². The zero-order chi connectivity index (χ0) is 10.8. The molecule has 6 nitrogen and oxygen atoms in total. The van der Waals surface area contributed by atoms with Gasteiger partial charge in [0.05, 0.1) is 5.92 Å². The monoisotopic (exact) mass is 211 g/mol. The van der Waals surface area contributed by atoms with Crippen LogP contribution in [-0.4, -0.2) is 39.3 Å². The molecule has 1 aromatic rings. The van der Waals surface area contributed by atoms with Crippen LogP contribution in [0.15, 0.2) is 4.52 Å². The number of carbonyl (C=O) groups is 1. The van der Waals surface area contributed by atoms with Crippen LogP contribution in [0.25, 0.3) is 0 Å². The molecule has 82 valence electrons. The Morgan fingerprint density at radius 3 is 3.07 bits per heavy atom. The third-order valence-corrected chi connectivity index (χ3v) is 2.58. The van der Waals surface area contributed by atoms with E-state index in [1.165, 1.54) is 4.90 Å². The highest BCUT2D eigenvalue weighted by Crippen LogP contribution is 2.25. The summed E-state index contributed by atoms with van der Waals surface area (Å²) in [7, 11) is 0. The number of piperidine rings is 1. The molecule has 0 saturated carbocycles. The molecule has 15 heavy (non-hydrogen) atoms. The standard InChI is InChI=1S/C9H13N3O3/c1-6-10-8(15-11-6)7-3-2-4-12(5-7)9(13)14/h7H,2-5H2,1H3,(H,13,14). The fraction of sp³-hybridized carbons (Fsp3) is 0.667. The molecule has 2 heterocycles. The number of aromatic nitrogens is 2. The zero-order valence-corrected chi connectivity index (χ0v) is 8.51. The summed E-state index contributed by atoms with van der Waals surface area (Å²) in [4.78, 5) is 16.3. The largest absolute Gasteiger partial charge is 0.465 e. The number of carboxylic acid groups (broad SMARTS) is 1. The van der Waals surface area contributed by atoms with E-state index in [2.05, 4.69) is 10.1 Å². The second-order valence-electron chi connectivity index (χ2n) is 3.75. The molecule has 0 aromatic carbocycles. The van der Waals surface area contributed by atoms with Crippen molar-refractivity contribution in [1.82, 2.24) is 15.0 Å². The Hall–Kier alpha value is -1.59. The molecular formula is C9H13N3O3. The minimum atomic E-state index is -0.879. The van der Waals surface area contributed by atoms with Crippen LogP contribution in [0.3, 0.4) is 0 Å². The van der Waals surface area contributed by atoms with Crippen LogP contribution in [-0.2, 0) is 0 Å². The van der Waals surface area contributed by atoms with Gasteiger partial charge in [-0.05, 0) is 19.8 Å². The Bertz CT molecular complexity index is 363. The lowest BCUT2D eigenvalue weighted by atomic mass is 9.98. The molecule has 6 heteroatoms. The maximum Gasteiger partial charge on any atom is 0.407 e. The lowest BCUT2D eigenvalue weighted by molar-refractivity contribution is 0.126. The summed E-state index contributed by atoms with van der Waals surface area (Å²) in [6.45, 7) is 2.81. The lowest BCUT2D eigenvalue weighted by Crippen LogP contribution is -2.38. The van der Waals surface area contributed by atoms with Crippen molar-refractivity contribution in [2.75, 3.05) is 13.1 Å². The maximum absolute atomic E-state index is 10.8. The highest BCUT2D eigenvalue weighted by Gasteiger charge is 2.27. The molecule has 0 bridgehead atoms. The van der Waals surface area contributed by atoms with Gasteiger partial charge in [0.1, 0.15) is 0 Å². The summed E-state index contributed by atoms with van der Waals surface area (Å²) in [5, 5.41) is 12.6. The van der Waals surface area contributed by atoms with E-state index in [0.717, 1.165) is 12.8 Å². The van der Waals surface area contributed by atoms with Gasteiger partial charge in [0.15, 0.2) is 5.82 Å². The molecule has 1 aliphatic rings. The first-order chi connectivity index (χ1) is 7.16. The quantitative estimate of drug-likeness (QED) is 0.755. The minimum absolute atomic E-state index is 0.0519. The SMILES string of the molecule is Cc1noc(C2CCCN(C(=O)O)C2)n1. The van der Waals surface area contributed by atoms with Crippen LogP contribution in [0.2, 0.25) is 0 Å². The van der Waals surface area contributed by atoms with Crippen molar-refractivity contribution in [3.05, 3.63) is 11.7 Å². The van der Waals surface area contributed by atoms with Crippen molar-refractivity contribution in [3.63, 3.8) is 0 Å². The number of hydrogen-bond acceptors (Lipinski definition) is 4. The van der Waals surface area contributed by atoms with Gasteiger partial charge in [0.2, 0.25) is 5.89 Å². The van der Waals surface area contributed by atoms with Gasteiger partial charge >= 0.3 is 6.09 Å². The minimum Gasteiger partial charge on any atom is -0.465 e. The van der Waals surface area contributed by atoms with Gasteiger partial charge in [0.25, 0.3) is 0 Å². The summed E-state index contributed by atoms with van der Waals surface area (Å²) in [5.74, 6) is 1.20. The Balaban J connectivity index is 2.07. The molecule has 1 atom stereocenters. The van der Waals surface area contributed by atoms with Crippen molar-refractivity contribution in [2.45, 2.75) is 25.7 Å². The summed E-state index contributed by atoms with van der Waals surface area (Å²) in [5.41, 5.74) is 0. The fourth-order valence-electron chi connectivity index (χ4n) is 1.83. The van der Waals surface area contributed by atoms with Crippen LogP contribution < -0.4 is 0 Å². The molecule has 1 N–H and O–H groups in total. The average Bonchev–Trinajstić information content (AvgIpc) is 2.65. The third-order valence-electron chi connectivity index (χ3n) is 2.58. The molecule has 1 aromatic heterocycles. The number of amides is 1. The Kier molecular flexibility index (Phi) is 2.57. The van der Waals surface area contributed by atoms with E-state index in [4.69, 9.17) is 9.63 Å². The molecule has 1 unspecified atom stereocenters. The second-order valence-corrected chi connectivity index (χ2v) is 3.75. The summed E-state index contributed by atoms with van der Waals surface area (Å²) in [6.07, 6.45) is 0.875. The maximum atomic E-state index is 10.8. The highest BCUT2D eigenvalue weighted by molar-refractivity contribution is 5.65. The normalized spacial score (nSPS) is 21.7. The Morgan fingerprint density at radius 1 is 1.67 bits per heavy atom. The van der Waals surface area contributed by atoms with Crippen LogP contribution in [0.5, 0.6) is 0 Å². The molecule has 0 aliphatic carbocycles. The molecule has 1 aliphatic heterocycles. The van der Waals surface area contributed by atoms with Crippen molar-refractivity contribution >= 4 is 6.09 Å². The highest BCUT2D eigenvalue weighted by atomic mass is 16.5. The summed E-state index contributed by atoms with van der Waals surface area (Å²) < 4.78 is 5.05. The van der Waals surface area contributed by atoms with Gasteiger partial charge in [-0.2, -0.15) is 4.98 Å². The van der Waals surface area contributed by atoms with E-state index in [0.29, 0.717) is 24.8 Å². The zero-order valence-electron chi connectivity index (χ0n) is 8.51.